The molecule has 0 aliphatic heterocycles. The molecule has 1 N–H and O–H groups in total. The first-order valence-electron chi connectivity index (χ1n) is 7.94. The zero-order valence-electron chi connectivity index (χ0n) is 13.2. The molecule has 0 aromatic rings. The quantitative estimate of drug-likeness (QED) is 0.748. The lowest BCUT2D eigenvalue weighted by Gasteiger charge is -2.35. The number of hydrogen-bond acceptors (Lipinski definition) is 2. The summed E-state index contributed by atoms with van der Waals surface area (Å²) in [5.41, 5.74) is 0. The fourth-order valence-corrected chi connectivity index (χ4v) is 3.17. The molecule has 0 bridgehead atoms. The molecule has 1 atom stereocenters. The summed E-state index contributed by atoms with van der Waals surface area (Å²) < 4.78 is 0. The first-order chi connectivity index (χ1) is 8.50. The minimum absolute atomic E-state index is 0.592. The van der Waals surface area contributed by atoms with Gasteiger partial charge in [0, 0.05) is 25.2 Å². The maximum absolute atomic E-state index is 3.60. The van der Waals surface area contributed by atoms with Gasteiger partial charge in [-0.25, -0.2) is 0 Å². The van der Waals surface area contributed by atoms with Crippen molar-refractivity contribution in [1.82, 2.24) is 10.2 Å². The van der Waals surface area contributed by atoms with Gasteiger partial charge in [0.25, 0.3) is 0 Å². The SMILES string of the molecule is CC(C)NCC(C(C)C)N(C)CC1CCCCC1. The highest BCUT2D eigenvalue weighted by Gasteiger charge is 2.22. The number of nitrogens with one attached hydrogen (secondary N) is 1. The van der Waals surface area contributed by atoms with E-state index in [9.17, 15) is 0 Å². The van der Waals surface area contributed by atoms with Crippen molar-refractivity contribution >= 4 is 0 Å². The van der Waals surface area contributed by atoms with E-state index in [-0.39, 0.29) is 0 Å². The second-order valence-electron chi connectivity index (χ2n) is 6.82. The molecule has 1 unspecified atom stereocenters. The summed E-state index contributed by atoms with van der Waals surface area (Å²) in [6, 6.07) is 1.27. The average Bonchev–Trinajstić information content (AvgIpc) is 2.29. The maximum atomic E-state index is 3.60. The van der Waals surface area contributed by atoms with Gasteiger partial charge in [-0.05, 0) is 31.7 Å². The second kappa shape index (κ2) is 8.16. The summed E-state index contributed by atoms with van der Waals surface area (Å²) in [6.07, 6.45) is 7.27. The average molecular weight is 254 g/mol. The molecule has 1 aliphatic rings. The Bertz CT molecular complexity index is 207. The summed E-state index contributed by atoms with van der Waals surface area (Å²) >= 11 is 0. The molecule has 18 heavy (non-hydrogen) atoms. The molecule has 0 aromatic carbocycles. The van der Waals surface area contributed by atoms with E-state index in [1.165, 1.54) is 38.6 Å². The smallest absolute Gasteiger partial charge is 0.0240 e. The number of rotatable bonds is 7. The van der Waals surface area contributed by atoms with Crippen LogP contribution in [0.4, 0.5) is 0 Å². The highest BCUT2D eigenvalue weighted by Crippen LogP contribution is 2.25. The molecule has 0 aromatic heterocycles. The lowest BCUT2D eigenvalue weighted by Crippen LogP contribution is -2.46. The van der Waals surface area contributed by atoms with E-state index in [2.05, 4.69) is 45.0 Å². The Kier molecular flexibility index (Phi) is 7.25. The molecule has 1 saturated carbocycles. The number of likely N-dealkylation sites (N-methyl/N-ethyl adjacent to an activating group) is 1. The normalized spacial score (nSPS) is 20.0. The summed E-state index contributed by atoms with van der Waals surface area (Å²) in [5.74, 6) is 1.67. The van der Waals surface area contributed by atoms with Crippen molar-refractivity contribution < 1.29 is 0 Å². The van der Waals surface area contributed by atoms with Gasteiger partial charge in [-0.1, -0.05) is 47.0 Å². The molecular weight excluding hydrogens is 220 g/mol. The third kappa shape index (κ3) is 5.71. The first-order valence-corrected chi connectivity index (χ1v) is 7.94. The van der Waals surface area contributed by atoms with Crippen molar-refractivity contribution in [2.24, 2.45) is 11.8 Å². The van der Waals surface area contributed by atoms with E-state index in [0.717, 1.165) is 18.4 Å². The number of hydrogen-bond donors (Lipinski definition) is 1. The van der Waals surface area contributed by atoms with Gasteiger partial charge in [-0.15, -0.1) is 0 Å². The van der Waals surface area contributed by atoms with E-state index in [1.807, 2.05) is 0 Å². The zero-order valence-corrected chi connectivity index (χ0v) is 13.2. The van der Waals surface area contributed by atoms with Crippen LogP contribution in [0.2, 0.25) is 0 Å². The van der Waals surface area contributed by atoms with Crippen molar-refractivity contribution in [1.29, 1.82) is 0 Å². The standard InChI is InChI=1S/C16H34N2/c1-13(2)16(11-17-14(3)4)18(5)12-15-9-7-6-8-10-15/h13-17H,6-12H2,1-5H3. The largest absolute Gasteiger partial charge is 0.313 e. The highest BCUT2D eigenvalue weighted by molar-refractivity contribution is 4.78. The van der Waals surface area contributed by atoms with Crippen LogP contribution >= 0.6 is 0 Å². The van der Waals surface area contributed by atoms with Gasteiger partial charge in [0.15, 0.2) is 0 Å². The van der Waals surface area contributed by atoms with Crippen LogP contribution in [0.3, 0.4) is 0 Å². The van der Waals surface area contributed by atoms with Crippen LogP contribution in [-0.2, 0) is 0 Å². The molecule has 1 rings (SSSR count). The molecule has 0 heterocycles. The van der Waals surface area contributed by atoms with Crippen LogP contribution in [0.5, 0.6) is 0 Å². The minimum Gasteiger partial charge on any atom is -0.313 e. The van der Waals surface area contributed by atoms with Crippen LogP contribution in [-0.4, -0.2) is 37.1 Å². The predicted molar refractivity (Wildman–Crippen MR) is 81.0 cm³/mol. The van der Waals surface area contributed by atoms with E-state index < -0.39 is 0 Å². The van der Waals surface area contributed by atoms with Gasteiger partial charge >= 0.3 is 0 Å². The van der Waals surface area contributed by atoms with E-state index in [4.69, 9.17) is 0 Å². The van der Waals surface area contributed by atoms with Gasteiger partial charge in [-0.3, -0.25) is 0 Å². The first kappa shape index (κ1) is 16.0. The Labute approximate surface area is 115 Å². The molecule has 108 valence electrons. The van der Waals surface area contributed by atoms with Crippen LogP contribution in [0.25, 0.3) is 0 Å². The fraction of sp³-hybridized carbons (Fsp3) is 1.00. The topological polar surface area (TPSA) is 15.3 Å². The van der Waals surface area contributed by atoms with Crippen LogP contribution in [0, 0.1) is 11.8 Å². The molecule has 0 spiro atoms. The summed E-state index contributed by atoms with van der Waals surface area (Å²) in [7, 11) is 2.32. The lowest BCUT2D eigenvalue weighted by molar-refractivity contribution is 0.145. The van der Waals surface area contributed by atoms with Crippen molar-refractivity contribution in [3.05, 3.63) is 0 Å². The Morgan fingerprint density at radius 1 is 1.06 bits per heavy atom. The van der Waals surface area contributed by atoms with E-state index >= 15 is 0 Å². The summed E-state index contributed by atoms with van der Waals surface area (Å²) in [6.45, 7) is 11.6. The third-order valence-corrected chi connectivity index (χ3v) is 4.34. The maximum Gasteiger partial charge on any atom is 0.0240 e. The van der Waals surface area contributed by atoms with Crippen LogP contribution in [0.1, 0.15) is 59.8 Å². The van der Waals surface area contributed by atoms with Crippen molar-refractivity contribution in [3.63, 3.8) is 0 Å². The van der Waals surface area contributed by atoms with Gasteiger partial charge in [-0.2, -0.15) is 0 Å². The molecule has 0 saturated heterocycles. The van der Waals surface area contributed by atoms with Gasteiger partial charge in [0.2, 0.25) is 0 Å². The molecule has 1 aliphatic carbocycles. The number of nitrogens with zero attached hydrogens (tertiary/aromatic N) is 1. The van der Waals surface area contributed by atoms with Crippen LogP contribution in [0.15, 0.2) is 0 Å². The second-order valence-corrected chi connectivity index (χ2v) is 6.82. The molecule has 2 nitrogen and oxygen atoms in total. The fourth-order valence-electron chi connectivity index (χ4n) is 3.17. The Hall–Kier alpha value is -0.0800. The van der Waals surface area contributed by atoms with Gasteiger partial charge in [0.1, 0.15) is 0 Å². The Balaban J connectivity index is 2.39. The summed E-state index contributed by atoms with van der Waals surface area (Å²) in [5, 5.41) is 3.60. The molecule has 0 amide bonds. The monoisotopic (exact) mass is 254 g/mol. The van der Waals surface area contributed by atoms with Gasteiger partial charge in [0.05, 0.1) is 0 Å². The van der Waals surface area contributed by atoms with Crippen molar-refractivity contribution in [2.45, 2.75) is 71.9 Å². The molecular formula is C16H34N2. The zero-order chi connectivity index (χ0) is 13.5. The minimum atomic E-state index is 0.592. The predicted octanol–water partition coefficient (Wildman–Crippen LogP) is 3.52. The van der Waals surface area contributed by atoms with E-state index in [1.54, 1.807) is 0 Å². The van der Waals surface area contributed by atoms with Crippen molar-refractivity contribution in [2.75, 3.05) is 20.1 Å². The van der Waals surface area contributed by atoms with Crippen molar-refractivity contribution in [3.8, 4) is 0 Å². The summed E-state index contributed by atoms with van der Waals surface area (Å²) in [4.78, 5) is 2.61. The Morgan fingerprint density at radius 3 is 2.17 bits per heavy atom. The van der Waals surface area contributed by atoms with E-state index in [0.29, 0.717) is 12.1 Å². The molecule has 1 fully saturated rings. The lowest BCUT2D eigenvalue weighted by atomic mass is 9.88. The van der Waals surface area contributed by atoms with Gasteiger partial charge < -0.3 is 10.2 Å². The van der Waals surface area contributed by atoms with Crippen LogP contribution < -0.4 is 5.32 Å². The Morgan fingerprint density at radius 2 is 1.67 bits per heavy atom. The molecule has 0 radical (unpaired) electrons. The highest BCUT2D eigenvalue weighted by atomic mass is 15.2. The third-order valence-electron chi connectivity index (χ3n) is 4.34. The molecule has 2 heteroatoms.